The lowest BCUT2D eigenvalue weighted by Gasteiger charge is -2.16. The topological polar surface area (TPSA) is 67.4 Å². The van der Waals surface area contributed by atoms with Gasteiger partial charge < -0.3 is 15.4 Å². The fourth-order valence-electron chi connectivity index (χ4n) is 2.08. The highest BCUT2D eigenvalue weighted by Gasteiger charge is 2.18. The van der Waals surface area contributed by atoms with E-state index in [4.69, 9.17) is 16.3 Å². The molecule has 0 heterocycles. The number of hydrogen-bond acceptors (Lipinski definition) is 3. The second-order valence-corrected chi connectivity index (χ2v) is 5.69. The van der Waals surface area contributed by atoms with Gasteiger partial charge in [-0.05, 0) is 37.3 Å². The molecule has 0 spiro atoms. The monoisotopic (exact) mass is 358 g/mol. The summed E-state index contributed by atoms with van der Waals surface area (Å²) in [6, 6.07) is 13.6. The molecule has 0 aromatic heterocycles. The summed E-state index contributed by atoms with van der Waals surface area (Å²) in [6.07, 6.45) is 0.822. The summed E-state index contributed by atoms with van der Waals surface area (Å²) in [6.45, 7) is 5.52. The van der Waals surface area contributed by atoms with Crippen LogP contribution < -0.4 is 15.4 Å². The number of para-hydroxylation sites is 1. The van der Waals surface area contributed by atoms with E-state index in [9.17, 15) is 9.59 Å². The van der Waals surface area contributed by atoms with Gasteiger partial charge in [-0.25, -0.2) is 0 Å². The van der Waals surface area contributed by atoms with Crippen LogP contribution in [0.25, 0.3) is 0 Å². The van der Waals surface area contributed by atoms with Crippen molar-refractivity contribution in [3.63, 3.8) is 0 Å². The number of hydrogen-bond donors (Lipinski definition) is 2. The van der Waals surface area contributed by atoms with Gasteiger partial charge in [-0.1, -0.05) is 35.9 Å². The van der Waals surface area contributed by atoms with E-state index >= 15 is 0 Å². The first-order valence-corrected chi connectivity index (χ1v) is 8.10. The van der Waals surface area contributed by atoms with Crippen LogP contribution in [-0.2, 0) is 4.79 Å². The Morgan fingerprint density at radius 3 is 2.72 bits per heavy atom. The molecule has 0 aliphatic carbocycles. The lowest BCUT2D eigenvalue weighted by atomic mass is 10.1. The predicted octanol–water partition coefficient (Wildman–Crippen LogP) is 3.66. The Labute approximate surface area is 151 Å². The number of amides is 2. The van der Waals surface area contributed by atoms with Crippen LogP contribution in [-0.4, -0.2) is 24.5 Å². The lowest BCUT2D eigenvalue weighted by molar-refractivity contribution is -0.122. The number of ether oxygens (including phenoxy) is 1. The minimum Gasteiger partial charge on any atom is -0.481 e. The Bertz CT molecular complexity index is 777. The third kappa shape index (κ3) is 5.36. The minimum absolute atomic E-state index is 0.292. The first kappa shape index (κ1) is 18.5. The van der Waals surface area contributed by atoms with Crippen LogP contribution in [0, 0.1) is 0 Å². The molecule has 0 saturated carbocycles. The first-order valence-electron chi connectivity index (χ1n) is 7.72. The number of carbonyl (C=O) groups excluding carboxylic acids is 2. The molecule has 2 aromatic rings. The Morgan fingerprint density at radius 2 is 2.00 bits per heavy atom. The van der Waals surface area contributed by atoms with E-state index in [1.165, 1.54) is 0 Å². The molecule has 5 nitrogen and oxygen atoms in total. The van der Waals surface area contributed by atoms with Crippen molar-refractivity contribution in [2.75, 3.05) is 11.9 Å². The second-order valence-electron chi connectivity index (χ2n) is 5.25. The molecule has 2 N–H and O–H groups in total. The van der Waals surface area contributed by atoms with Crippen molar-refractivity contribution in [2.24, 2.45) is 0 Å². The Kier molecular flexibility index (Phi) is 6.60. The van der Waals surface area contributed by atoms with Crippen molar-refractivity contribution >= 4 is 29.1 Å². The van der Waals surface area contributed by atoms with Gasteiger partial charge in [-0.15, -0.1) is 6.58 Å². The average molecular weight is 359 g/mol. The number of benzene rings is 2. The van der Waals surface area contributed by atoms with Gasteiger partial charge in [-0.3, -0.25) is 9.59 Å². The van der Waals surface area contributed by atoms with Gasteiger partial charge >= 0.3 is 0 Å². The van der Waals surface area contributed by atoms with Crippen molar-refractivity contribution in [3.8, 4) is 5.75 Å². The van der Waals surface area contributed by atoms with Gasteiger partial charge in [0.05, 0.1) is 11.3 Å². The smallest absolute Gasteiger partial charge is 0.265 e. The number of anilines is 1. The van der Waals surface area contributed by atoms with Gasteiger partial charge in [0.15, 0.2) is 6.10 Å². The highest BCUT2D eigenvalue weighted by molar-refractivity contribution is 6.30. The number of halogens is 1. The quantitative estimate of drug-likeness (QED) is 0.742. The van der Waals surface area contributed by atoms with E-state index in [2.05, 4.69) is 17.2 Å². The van der Waals surface area contributed by atoms with Crippen molar-refractivity contribution in [1.29, 1.82) is 0 Å². The van der Waals surface area contributed by atoms with Gasteiger partial charge in [-0.2, -0.15) is 0 Å². The summed E-state index contributed by atoms with van der Waals surface area (Å²) in [5.41, 5.74) is 0.781. The zero-order valence-corrected chi connectivity index (χ0v) is 14.5. The maximum Gasteiger partial charge on any atom is 0.265 e. The summed E-state index contributed by atoms with van der Waals surface area (Å²) in [7, 11) is 0. The maximum atomic E-state index is 12.4. The molecule has 2 rings (SSSR count). The summed E-state index contributed by atoms with van der Waals surface area (Å²) >= 11 is 5.90. The Balaban J connectivity index is 2.07. The molecule has 0 fully saturated rings. The van der Waals surface area contributed by atoms with Crippen LogP contribution in [0.4, 0.5) is 5.69 Å². The Hall–Kier alpha value is -2.79. The molecule has 0 bridgehead atoms. The zero-order chi connectivity index (χ0) is 18.2. The van der Waals surface area contributed by atoms with Crippen LogP contribution in [0.3, 0.4) is 0 Å². The molecule has 2 amide bonds. The van der Waals surface area contributed by atoms with Crippen LogP contribution in [0.5, 0.6) is 5.75 Å². The number of rotatable bonds is 7. The number of nitrogens with one attached hydrogen (secondary N) is 2. The molecule has 0 radical (unpaired) electrons. The third-order valence-electron chi connectivity index (χ3n) is 3.31. The molecular formula is C19H19ClN2O3. The summed E-state index contributed by atoms with van der Waals surface area (Å²) in [5.74, 6) is -0.171. The van der Waals surface area contributed by atoms with Crippen molar-refractivity contribution in [3.05, 3.63) is 71.8 Å². The predicted molar refractivity (Wildman–Crippen MR) is 99.1 cm³/mol. The highest BCUT2D eigenvalue weighted by Crippen LogP contribution is 2.20. The minimum atomic E-state index is -0.761. The summed E-state index contributed by atoms with van der Waals surface area (Å²) < 4.78 is 5.58. The van der Waals surface area contributed by atoms with E-state index in [1.807, 2.05) is 0 Å². The lowest BCUT2D eigenvalue weighted by Crippen LogP contribution is -2.31. The zero-order valence-electron chi connectivity index (χ0n) is 13.8. The number of carbonyl (C=O) groups is 2. The standard InChI is InChI=1S/C19H19ClN2O3/c1-3-11-21-19(24)16-9-4-5-10-17(16)22-18(23)13(2)25-15-8-6-7-14(20)12-15/h3-10,12-13H,1,11H2,2H3,(H,21,24)(H,22,23). The fourth-order valence-corrected chi connectivity index (χ4v) is 2.26. The molecule has 0 saturated heterocycles. The van der Waals surface area contributed by atoms with E-state index in [1.54, 1.807) is 61.5 Å². The van der Waals surface area contributed by atoms with E-state index in [0.29, 0.717) is 28.6 Å². The normalized spacial score (nSPS) is 11.3. The summed E-state index contributed by atoms with van der Waals surface area (Å²) in [4.78, 5) is 24.5. The van der Waals surface area contributed by atoms with E-state index in [0.717, 1.165) is 0 Å². The molecule has 0 aliphatic heterocycles. The van der Waals surface area contributed by atoms with Crippen LogP contribution in [0.15, 0.2) is 61.2 Å². The maximum absolute atomic E-state index is 12.4. The average Bonchev–Trinajstić information content (AvgIpc) is 2.60. The first-order chi connectivity index (χ1) is 12.0. The van der Waals surface area contributed by atoms with E-state index < -0.39 is 6.10 Å². The highest BCUT2D eigenvalue weighted by atomic mass is 35.5. The molecular weight excluding hydrogens is 340 g/mol. The largest absolute Gasteiger partial charge is 0.481 e. The third-order valence-corrected chi connectivity index (χ3v) is 3.55. The van der Waals surface area contributed by atoms with Gasteiger partial charge in [0.25, 0.3) is 11.8 Å². The molecule has 1 unspecified atom stereocenters. The molecule has 2 aromatic carbocycles. The van der Waals surface area contributed by atoms with Crippen LogP contribution in [0.2, 0.25) is 5.02 Å². The fraction of sp³-hybridized carbons (Fsp3) is 0.158. The molecule has 6 heteroatoms. The van der Waals surface area contributed by atoms with Crippen molar-refractivity contribution in [1.82, 2.24) is 5.32 Å². The van der Waals surface area contributed by atoms with Crippen molar-refractivity contribution < 1.29 is 14.3 Å². The molecule has 25 heavy (non-hydrogen) atoms. The van der Waals surface area contributed by atoms with Crippen molar-refractivity contribution in [2.45, 2.75) is 13.0 Å². The SMILES string of the molecule is C=CCNC(=O)c1ccccc1NC(=O)C(C)Oc1cccc(Cl)c1. The molecule has 0 aliphatic rings. The van der Waals surface area contributed by atoms with E-state index in [-0.39, 0.29) is 11.8 Å². The summed E-state index contributed by atoms with van der Waals surface area (Å²) in [5, 5.41) is 5.92. The van der Waals surface area contributed by atoms with Gasteiger partial charge in [0.2, 0.25) is 0 Å². The van der Waals surface area contributed by atoms with Gasteiger partial charge in [0.1, 0.15) is 5.75 Å². The molecule has 1 atom stereocenters. The molecule has 130 valence electrons. The Morgan fingerprint density at radius 1 is 1.24 bits per heavy atom. The van der Waals surface area contributed by atoms with Gasteiger partial charge in [0, 0.05) is 11.6 Å². The van der Waals surface area contributed by atoms with Crippen LogP contribution in [0.1, 0.15) is 17.3 Å². The van der Waals surface area contributed by atoms with Crippen LogP contribution >= 0.6 is 11.6 Å². The second kappa shape index (κ2) is 8.89.